The van der Waals surface area contributed by atoms with Crippen molar-refractivity contribution in [2.75, 3.05) is 0 Å². The van der Waals surface area contributed by atoms with Gasteiger partial charge in [-0.2, -0.15) is 0 Å². The quantitative estimate of drug-likeness (QED) is 0.423. The van der Waals surface area contributed by atoms with Gasteiger partial charge in [0.2, 0.25) is 5.91 Å². The van der Waals surface area contributed by atoms with Gasteiger partial charge < -0.3 is 5.73 Å². The number of amides is 1. The molecule has 0 radical (unpaired) electrons. The first-order valence-electron chi connectivity index (χ1n) is 8.58. The third-order valence-corrected chi connectivity index (χ3v) is 5.18. The van der Waals surface area contributed by atoms with Crippen LogP contribution in [0.4, 0.5) is 0 Å². The van der Waals surface area contributed by atoms with E-state index in [2.05, 4.69) is 65.9 Å². The summed E-state index contributed by atoms with van der Waals surface area (Å²) in [4.78, 5) is 11.7. The molecule has 0 saturated carbocycles. The van der Waals surface area contributed by atoms with Crippen molar-refractivity contribution in [2.24, 2.45) is 11.7 Å². The van der Waals surface area contributed by atoms with E-state index in [4.69, 9.17) is 5.73 Å². The summed E-state index contributed by atoms with van der Waals surface area (Å²) in [5.74, 6) is -0.138. The number of nitrogens with two attached hydrogens (primary N) is 1. The first-order chi connectivity index (χ1) is 11.1. The molecule has 1 amide bonds. The molecule has 2 aromatic rings. The van der Waals surface area contributed by atoms with Gasteiger partial charge in [-0.05, 0) is 70.3 Å². The van der Waals surface area contributed by atoms with Crippen molar-refractivity contribution >= 4 is 39.3 Å². The molecule has 0 aliphatic rings. The zero-order valence-electron chi connectivity index (χ0n) is 13.9. The summed E-state index contributed by atoms with van der Waals surface area (Å²) in [6, 6.07) is 12.9. The van der Waals surface area contributed by atoms with Gasteiger partial charge in [0.05, 0.1) is 0 Å². The third-order valence-electron chi connectivity index (χ3n) is 4.51. The van der Waals surface area contributed by atoms with Crippen molar-refractivity contribution in [3.63, 3.8) is 0 Å². The predicted octanol–water partition coefficient (Wildman–Crippen LogP) is 5.45. The van der Waals surface area contributed by atoms with E-state index in [1.807, 2.05) is 0 Å². The lowest BCUT2D eigenvalue weighted by Crippen LogP contribution is -2.23. The lowest BCUT2D eigenvalue weighted by atomic mass is 9.91. The summed E-state index contributed by atoms with van der Waals surface area (Å²) >= 11 is 2.35. The van der Waals surface area contributed by atoms with Crippen LogP contribution in [0.3, 0.4) is 0 Å². The molecule has 0 saturated heterocycles. The van der Waals surface area contributed by atoms with Crippen LogP contribution < -0.4 is 5.73 Å². The van der Waals surface area contributed by atoms with Crippen molar-refractivity contribution in [2.45, 2.75) is 51.9 Å². The number of aryl methyl sites for hydroxylation is 1. The summed E-state index contributed by atoms with van der Waals surface area (Å²) in [7, 11) is 0. The maximum atomic E-state index is 11.7. The first-order valence-corrected chi connectivity index (χ1v) is 9.66. The molecule has 2 rings (SSSR count). The Labute approximate surface area is 153 Å². The Hall–Kier alpha value is -1.10. The van der Waals surface area contributed by atoms with Gasteiger partial charge in [0, 0.05) is 9.49 Å². The molecule has 1 atom stereocenters. The molecule has 0 fully saturated rings. The molecule has 0 aliphatic carbocycles. The van der Waals surface area contributed by atoms with Crippen molar-refractivity contribution in [1.82, 2.24) is 0 Å². The van der Waals surface area contributed by atoms with Gasteiger partial charge in [0.25, 0.3) is 0 Å². The Morgan fingerprint density at radius 2 is 1.96 bits per heavy atom. The van der Waals surface area contributed by atoms with Gasteiger partial charge in [-0.1, -0.05) is 56.9 Å². The Kier molecular flexibility index (Phi) is 7.34. The number of primary amides is 1. The minimum Gasteiger partial charge on any atom is -0.369 e. The highest BCUT2D eigenvalue weighted by Gasteiger charge is 2.15. The number of fused-ring (bicyclic) bond motifs is 1. The van der Waals surface area contributed by atoms with E-state index in [0.29, 0.717) is 0 Å². The van der Waals surface area contributed by atoms with Crippen molar-refractivity contribution in [3.05, 3.63) is 45.5 Å². The van der Waals surface area contributed by atoms with Crippen molar-refractivity contribution in [1.29, 1.82) is 0 Å². The topological polar surface area (TPSA) is 43.1 Å². The number of hydrogen-bond donors (Lipinski definition) is 1. The molecule has 0 spiro atoms. The molecular weight excluding hydrogens is 397 g/mol. The molecule has 2 N–H and O–H groups in total. The lowest BCUT2D eigenvalue weighted by molar-refractivity contribution is -0.122. The van der Waals surface area contributed by atoms with Crippen molar-refractivity contribution < 1.29 is 4.79 Å². The van der Waals surface area contributed by atoms with Crippen molar-refractivity contribution in [3.8, 4) is 0 Å². The molecule has 1 unspecified atom stereocenters. The third kappa shape index (κ3) is 5.48. The molecule has 23 heavy (non-hydrogen) atoms. The number of benzene rings is 2. The number of hydrogen-bond acceptors (Lipinski definition) is 1. The van der Waals surface area contributed by atoms with E-state index < -0.39 is 0 Å². The number of halogens is 1. The first kappa shape index (κ1) is 18.2. The Balaban J connectivity index is 2.03. The summed E-state index contributed by atoms with van der Waals surface area (Å²) in [5.41, 5.74) is 6.93. The predicted molar refractivity (Wildman–Crippen MR) is 106 cm³/mol. The normalized spacial score (nSPS) is 12.4. The molecule has 124 valence electrons. The highest BCUT2D eigenvalue weighted by Crippen LogP contribution is 2.24. The molecule has 2 aromatic carbocycles. The molecule has 2 nitrogen and oxygen atoms in total. The Morgan fingerprint density at radius 1 is 1.13 bits per heavy atom. The summed E-state index contributed by atoms with van der Waals surface area (Å²) in [6.07, 6.45) is 7.47. The van der Waals surface area contributed by atoms with Crippen LogP contribution in [0.25, 0.3) is 10.8 Å². The number of carbonyl (C=O) groups is 1. The number of unbranched alkanes of at least 4 members (excludes halogenated alkanes) is 3. The van der Waals surface area contributed by atoms with Gasteiger partial charge >= 0.3 is 0 Å². The fourth-order valence-electron chi connectivity index (χ4n) is 3.10. The molecule has 0 aromatic heterocycles. The maximum absolute atomic E-state index is 11.7. The zero-order chi connectivity index (χ0) is 16.7. The van der Waals surface area contributed by atoms with E-state index in [1.54, 1.807) is 0 Å². The number of rotatable bonds is 9. The van der Waals surface area contributed by atoms with Crippen LogP contribution in [0, 0.1) is 9.49 Å². The summed E-state index contributed by atoms with van der Waals surface area (Å²) in [5, 5.41) is 2.56. The van der Waals surface area contributed by atoms with Gasteiger partial charge in [0.1, 0.15) is 0 Å². The summed E-state index contributed by atoms with van der Waals surface area (Å²) in [6.45, 7) is 2.20. The average Bonchev–Trinajstić information content (AvgIpc) is 2.54. The molecule has 0 aliphatic heterocycles. The fourth-order valence-corrected chi connectivity index (χ4v) is 3.59. The van der Waals surface area contributed by atoms with E-state index in [9.17, 15) is 4.79 Å². The molecule has 0 bridgehead atoms. The molecule has 3 heteroatoms. The van der Waals surface area contributed by atoms with Gasteiger partial charge in [0.15, 0.2) is 0 Å². The summed E-state index contributed by atoms with van der Waals surface area (Å²) < 4.78 is 1.24. The highest BCUT2D eigenvalue weighted by atomic mass is 127. The second-order valence-corrected chi connectivity index (χ2v) is 7.52. The van der Waals surface area contributed by atoms with E-state index in [-0.39, 0.29) is 11.8 Å². The van der Waals surface area contributed by atoms with Crippen LogP contribution in [-0.4, -0.2) is 5.91 Å². The van der Waals surface area contributed by atoms with Crippen LogP contribution >= 0.6 is 22.6 Å². The van der Waals surface area contributed by atoms with Crippen LogP contribution in [0.2, 0.25) is 0 Å². The smallest absolute Gasteiger partial charge is 0.220 e. The number of carbonyl (C=O) groups excluding carboxylic acids is 1. The van der Waals surface area contributed by atoms with E-state index in [0.717, 1.165) is 25.7 Å². The van der Waals surface area contributed by atoms with Crippen LogP contribution in [0.1, 0.15) is 51.0 Å². The highest BCUT2D eigenvalue weighted by molar-refractivity contribution is 14.1. The van der Waals surface area contributed by atoms with Gasteiger partial charge in [-0.25, -0.2) is 0 Å². The SMILES string of the molecule is CCCCCCC(CCc1cccc2ccc(I)cc12)C(N)=O. The average molecular weight is 423 g/mol. The molecule has 0 heterocycles. The van der Waals surface area contributed by atoms with Crippen LogP contribution in [-0.2, 0) is 11.2 Å². The fraction of sp³-hybridized carbons (Fsp3) is 0.450. The van der Waals surface area contributed by atoms with E-state index >= 15 is 0 Å². The second-order valence-electron chi connectivity index (χ2n) is 6.27. The minimum absolute atomic E-state index is 0.00453. The van der Waals surface area contributed by atoms with Gasteiger partial charge in [-0.15, -0.1) is 0 Å². The zero-order valence-corrected chi connectivity index (χ0v) is 16.0. The Morgan fingerprint density at radius 3 is 2.70 bits per heavy atom. The maximum Gasteiger partial charge on any atom is 0.220 e. The monoisotopic (exact) mass is 423 g/mol. The minimum atomic E-state index is -0.142. The standard InChI is InChI=1S/C20H26INO/c1-2-3-4-5-7-17(20(22)23)11-10-15-8-6-9-16-12-13-18(21)14-19(15)16/h6,8-9,12-14,17H,2-5,7,10-11H2,1H3,(H2,22,23). The lowest BCUT2D eigenvalue weighted by Gasteiger charge is -2.14. The van der Waals surface area contributed by atoms with Crippen LogP contribution in [0.15, 0.2) is 36.4 Å². The molecular formula is C20H26INO. The second kappa shape index (κ2) is 9.26. The van der Waals surface area contributed by atoms with E-state index in [1.165, 1.54) is 39.2 Å². The Bertz CT molecular complexity index is 653. The van der Waals surface area contributed by atoms with Gasteiger partial charge in [-0.3, -0.25) is 4.79 Å². The van der Waals surface area contributed by atoms with Crippen LogP contribution in [0.5, 0.6) is 0 Å². The largest absolute Gasteiger partial charge is 0.369 e.